The molecular formula is C31H39N5O4. The van der Waals surface area contributed by atoms with Crippen LogP contribution in [0.25, 0.3) is 11.3 Å². The molecular weight excluding hydrogens is 506 g/mol. The van der Waals surface area contributed by atoms with Crippen LogP contribution in [-0.2, 0) is 4.79 Å². The van der Waals surface area contributed by atoms with Crippen LogP contribution in [0.2, 0.25) is 0 Å². The number of rotatable bonds is 10. The van der Waals surface area contributed by atoms with Gasteiger partial charge in [-0.05, 0) is 55.7 Å². The van der Waals surface area contributed by atoms with Crippen LogP contribution in [-0.4, -0.2) is 85.3 Å². The minimum atomic E-state index is -0.0831. The second kappa shape index (κ2) is 13.8. The van der Waals surface area contributed by atoms with Gasteiger partial charge in [0.2, 0.25) is 5.91 Å². The van der Waals surface area contributed by atoms with E-state index in [1.807, 2.05) is 66.4 Å². The first-order valence-corrected chi connectivity index (χ1v) is 13.9. The van der Waals surface area contributed by atoms with E-state index in [1.165, 1.54) is 0 Å². The smallest absolute Gasteiger partial charge is 0.254 e. The second-order valence-corrected chi connectivity index (χ2v) is 9.96. The van der Waals surface area contributed by atoms with Crippen LogP contribution in [0, 0.1) is 6.92 Å². The van der Waals surface area contributed by atoms with E-state index in [9.17, 15) is 9.59 Å². The molecule has 0 saturated carbocycles. The number of carbonyl (C=O) groups excluding carboxylic acids is 2. The van der Waals surface area contributed by atoms with E-state index in [-0.39, 0.29) is 18.4 Å². The molecule has 4 rings (SSSR count). The number of anilines is 1. The van der Waals surface area contributed by atoms with Crippen LogP contribution in [0.1, 0.15) is 42.1 Å². The number of hydrogen-bond acceptors (Lipinski definition) is 7. The molecule has 1 aliphatic rings. The van der Waals surface area contributed by atoms with Gasteiger partial charge in [-0.25, -0.2) is 0 Å². The van der Waals surface area contributed by atoms with Crippen LogP contribution in [0.5, 0.6) is 11.5 Å². The van der Waals surface area contributed by atoms with Gasteiger partial charge in [0.05, 0.1) is 19.9 Å². The number of nitrogens with zero attached hydrogens (tertiary/aromatic N) is 5. The zero-order valence-corrected chi connectivity index (χ0v) is 23.9. The molecule has 0 radical (unpaired) electrons. The average molecular weight is 546 g/mol. The highest BCUT2D eigenvalue weighted by Crippen LogP contribution is 2.32. The third kappa shape index (κ3) is 6.89. The number of benzene rings is 2. The van der Waals surface area contributed by atoms with Gasteiger partial charge in [0.15, 0.2) is 5.82 Å². The SMILES string of the molecule is CCCCN(CC(=O)N1CCCN(c2ccc(-c3ccc(OC)cc3OC)nn2)CC1)C(=O)c1ccccc1C. The summed E-state index contributed by atoms with van der Waals surface area (Å²) in [7, 11) is 3.23. The van der Waals surface area contributed by atoms with Gasteiger partial charge in [0, 0.05) is 49.9 Å². The molecule has 0 unspecified atom stereocenters. The van der Waals surface area contributed by atoms with Crippen LogP contribution >= 0.6 is 0 Å². The lowest BCUT2D eigenvalue weighted by Crippen LogP contribution is -2.44. The monoisotopic (exact) mass is 545 g/mol. The van der Waals surface area contributed by atoms with Gasteiger partial charge in [-0.15, -0.1) is 10.2 Å². The van der Waals surface area contributed by atoms with Crippen LogP contribution < -0.4 is 14.4 Å². The predicted octanol–water partition coefficient (Wildman–Crippen LogP) is 4.45. The highest BCUT2D eigenvalue weighted by molar-refractivity contribution is 5.97. The van der Waals surface area contributed by atoms with Crippen molar-refractivity contribution in [1.29, 1.82) is 0 Å². The largest absolute Gasteiger partial charge is 0.497 e. The summed E-state index contributed by atoms with van der Waals surface area (Å²) in [6.45, 7) is 7.29. The Balaban J connectivity index is 1.40. The van der Waals surface area contributed by atoms with Crippen LogP contribution in [0.15, 0.2) is 54.6 Å². The molecule has 1 aliphatic heterocycles. The first-order valence-electron chi connectivity index (χ1n) is 13.9. The summed E-state index contributed by atoms with van der Waals surface area (Å²) in [5.74, 6) is 2.04. The third-order valence-electron chi connectivity index (χ3n) is 7.28. The number of unbranched alkanes of at least 4 members (excludes halogenated alkanes) is 1. The fourth-order valence-corrected chi connectivity index (χ4v) is 4.89. The van der Waals surface area contributed by atoms with Gasteiger partial charge in [0.25, 0.3) is 5.91 Å². The molecule has 0 N–H and O–H groups in total. The molecule has 212 valence electrons. The fourth-order valence-electron chi connectivity index (χ4n) is 4.89. The number of ether oxygens (including phenoxy) is 2. The summed E-state index contributed by atoms with van der Waals surface area (Å²) >= 11 is 0. The molecule has 1 saturated heterocycles. The number of carbonyl (C=O) groups is 2. The highest BCUT2D eigenvalue weighted by Gasteiger charge is 2.25. The van der Waals surface area contributed by atoms with Gasteiger partial charge in [-0.3, -0.25) is 9.59 Å². The van der Waals surface area contributed by atoms with E-state index in [0.717, 1.165) is 42.8 Å². The van der Waals surface area contributed by atoms with E-state index in [4.69, 9.17) is 9.47 Å². The van der Waals surface area contributed by atoms with E-state index >= 15 is 0 Å². The van der Waals surface area contributed by atoms with E-state index in [0.29, 0.717) is 48.9 Å². The Morgan fingerprint density at radius 2 is 1.77 bits per heavy atom. The molecule has 0 bridgehead atoms. The predicted molar refractivity (Wildman–Crippen MR) is 156 cm³/mol. The van der Waals surface area contributed by atoms with E-state index in [2.05, 4.69) is 22.0 Å². The summed E-state index contributed by atoms with van der Waals surface area (Å²) < 4.78 is 10.8. The summed E-state index contributed by atoms with van der Waals surface area (Å²) in [6, 6.07) is 17.0. The van der Waals surface area contributed by atoms with Crippen molar-refractivity contribution in [3.63, 3.8) is 0 Å². The topological polar surface area (TPSA) is 88.1 Å². The lowest BCUT2D eigenvalue weighted by Gasteiger charge is -2.27. The fraction of sp³-hybridized carbons (Fsp3) is 0.419. The number of amides is 2. The molecule has 0 atom stereocenters. The van der Waals surface area contributed by atoms with Crippen molar-refractivity contribution in [3.05, 3.63) is 65.7 Å². The Kier molecular flexibility index (Phi) is 9.94. The molecule has 2 heterocycles. The zero-order chi connectivity index (χ0) is 28.5. The average Bonchev–Trinajstić information content (AvgIpc) is 3.25. The molecule has 2 amide bonds. The number of aryl methyl sites for hydroxylation is 1. The Morgan fingerprint density at radius 3 is 2.48 bits per heavy atom. The molecule has 1 aromatic heterocycles. The maximum atomic E-state index is 13.4. The second-order valence-electron chi connectivity index (χ2n) is 9.96. The minimum absolute atomic E-state index is 0.0204. The van der Waals surface area contributed by atoms with Crippen molar-refractivity contribution >= 4 is 17.6 Å². The molecule has 9 nitrogen and oxygen atoms in total. The third-order valence-corrected chi connectivity index (χ3v) is 7.28. The first kappa shape index (κ1) is 28.9. The number of methoxy groups -OCH3 is 2. The van der Waals surface area contributed by atoms with Gasteiger partial charge in [-0.1, -0.05) is 31.5 Å². The quantitative estimate of drug-likeness (QED) is 0.372. The van der Waals surface area contributed by atoms with Gasteiger partial charge >= 0.3 is 0 Å². The van der Waals surface area contributed by atoms with Crippen molar-refractivity contribution in [2.24, 2.45) is 0 Å². The van der Waals surface area contributed by atoms with Crippen LogP contribution in [0.4, 0.5) is 5.82 Å². The van der Waals surface area contributed by atoms with Crippen LogP contribution in [0.3, 0.4) is 0 Å². The van der Waals surface area contributed by atoms with Crippen molar-refractivity contribution in [1.82, 2.24) is 20.0 Å². The summed E-state index contributed by atoms with van der Waals surface area (Å²) in [5.41, 5.74) is 3.12. The zero-order valence-electron chi connectivity index (χ0n) is 23.9. The Bertz CT molecular complexity index is 1300. The maximum Gasteiger partial charge on any atom is 0.254 e. The Hall–Kier alpha value is -4.14. The summed E-state index contributed by atoms with van der Waals surface area (Å²) in [6.07, 6.45) is 2.62. The first-order chi connectivity index (χ1) is 19.4. The highest BCUT2D eigenvalue weighted by atomic mass is 16.5. The van der Waals surface area contributed by atoms with E-state index < -0.39 is 0 Å². The van der Waals surface area contributed by atoms with Crippen molar-refractivity contribution in [3.8, 4) is 22.8 Å². The van der Waals surface area contributed by atoms with Crippen molar-refractivity contribution < 1.29 is 19.1 Å². The summed E-state index contributed by atoms with van der Waals surface area (Å²) in [5, 5.41) is 8.95. The summed E-state index contributed by atoms with van der Waals surface area (Å²) in [4.78, 5) is 32.4. The molecule has 2 aromatic carbocycles. The molecule has 0 spiro atoms. The molecule has 9 heteroatoms. The molecule has 0 aliphatic carbocycles. The van der Waals surface area contributed by atoms with Gasteiger partial charge in [-0.2, -0.15) is 0 Å². The van der Waals surface area contributed by atoms with E-state index in [1.54, 1.807) is 19.1 Å². The molecule has 1 fully saturated rings. The van der Waals surface area contributed by atoms with Gasteiger partial charge in [0.1, 0.15) is 18.0 Å². The molecule has 40 heavy (non-hydrogen) atoms. The Labute approximate surface area is 236 Å². The van der Waals surface area contributed by atoms with Gasteiger partial charge < -0.3 is 24.2 Å². The minimum Gasteiger partial charge on any atom is -0.497 e. The normalized spacial score (nSPS) is 13.5. The van der Waals surface area contributed by atoms with Crippen molar-refractivity contribution in [2.75, 3.05) is 58.4 Å². The number of aromatic nitrogens is 2. The molecule has 3 aromatic rings. The maximum absolute atomic E-state index is 13.4. The standard InChI is InChI=1S/C31H39N5O4/c1-5-6-16-36(31(38)25-11-8-7-10-23(25)2)22-30(37)35-18-9-17-34(19-20-35)29-15-14-27(32-33-29)26-13-12-24(39-3)21-28(26)40-4/h7-8,10-15,21H,5-6,9,16-20,22H2,1-4H3. The van der Waals surface area contributed by atoms with Crippen molar-refractivity contribution in [2.45, 2.75) is 33.1 Å². The number of hydrogen-bond donors (Lipinski definition) is 0. The lowest BCUT2D eigenvalue weighted by molar-refractivity contribution is -0.131. The Morgan fingerprint density at radius 1 is 0.950 bits per heavy atom. The lowest BCUT2D eigenvalue weighted by atomic mass is 10.1.